The Hall–Kier alpha value is -3.19. The zero-order valence-corrected chi connectivity index (χ0v) is 17.8. The molecule has 154 valence electrons. The van der Waals surface area contributed by atoms with Crippen molar-refractivity contribution in [3.05, 3.63) is 77.8 Å². The molecule has 0 aliphatic carbocycles. The van der Waals surface area contributed by atoms with Gasteiger partial charge < -0.3 is 19.4 Å². The van der Waals surface area contributed by atoms with Gasteiger partial charge in [-0.15, -0.1) is 0 Å². The monoisotopic (exact) mass is 421 g/mol. The van der Waals surface area contributed by atoms with E-state index in [1.165, 1.54) is 7.11 Å². The second-order valence-corrected chi connectivity index (χ2v) is 7.75. The molecule has 1 saturated heterocycles. The summed E-state index contributed by atoms with van der Waals surface area (Å²) in [6.07, 6.45) is 1.77. The molecule has 2 aromatic heterocycles. The van der Waals surface area contributed by atoms with E-state index in [1.807, 2.05) is 42.5 Å². The Balaban J connectivity index is 1.77. The fourth-order valence-electron chi connectivity index (χ4n) is 3.87. The summed E-state index contributed by atoms with van der Waals surface area (Å²) in [6.45, 7) is 4.19. The topological polar surface area (TPSA) is 67.6 Å². The summed E-state index contributed by atoms with van der Waals surface area (Å²) in [6, 6.07) is 16.8. The molecule has 1 aliphatic rings. The van der Waals surface area contributed by atoms with Gasteiger partial charge in [-0.3, -0.25) is 4.98 Å². The lowest BCUT2D eigenvalue weighted by Crippen LogP contribution is -2.35. The molecule has 1 N–H and O–H groups in total. The smallest absolute Gasteiger partial charge is 0.338 e. The molecule has 0 amide bonds. The van der Waals surface area contributed by atoms with Gasteiger partial charge in [-0.05, 0) is 56.4 Å². The maximum atomic E-state index is 12.2. The predicted molar refractivity (Wildman–Crippen MR) is 118 cm³/mol. The van der Waals surface area contributed by atoms with Gasteiger partial charge in [-0.2, -0.15) is 0 Å². The van der Waals surface area contributed by atoms with Crippen LogP contribution in [-0.2, 0) is 4.74 Å². The fourth-order valence-corrected chi connectivity index (χ4v) is 4.32. The van der Waals surface area contributed by atoms with E-state index in [0.717, 1.165) is 11.5 Å². The maximum absolute atomic E-state index is 12.2. The second kappa shape index (κ2) is 8.28. The molecule has 1 aromatic carbocycles. The minimum atomic E-state index is -0.401. The van der Waals surface area contributed by atoms with Gasteiger partial charge in [-0.1, -0.05) is 24.3 Å². The van der Waals surface area contributed by atoms with Crippen LogP contribution in [-0.4, -0.2) is 34.1 Å². The number of benzene rings is 1. The fraction of sp³-hybridized carbons (Fsp3) is 0.261. The molecule has 0 radical (unpaired) electrons. The van der Waals surface area contributed by atoms with Crippen molar-refractivity contribution in [2.75, 3.05) is 7.11 Å². The standard InChI is InChI=1S/C23H23N3O3S/c1-14(2)26-21(20(25-23(26)30)17-10-6-7-13-24-17)19-12-11-18(29-19)15-8-4-5-9-16(15)22(27)28-3/h4-14,20-21H,1-3H3,(H,25,30)/t20-,21-/m1/s1. The molecule has 0 unspecified atom stereocenters. The summed E-state index contributed by atoms with van der Waals surface area (Å²) in [4.78, 5) is 18.8. The third kappa shape index (κ3) is 3.57. The first-order valence-electron chi connectivity index (χ1n) is 9.78. The Morgan fingerprint density at radius 3 is 2.63 bits per heavy atom. The highest BCUT2D eigenvalue weighted by atomic mass is 32.1. The molecule has 0 bridgehead atoms. The van der Waals surface area contributed by atoms with Crippen LogP contribution in [0.2, 0.25) is 0 Å². The number of methoxy groups -OCH3 is 1. The van der Waals surface area contributed by atoms with Crippen molar-refractivity contribution in [2.45, 2.75) is 32.0 Å². The Bertz CT molecular complexity index is 1060. The van der Waals surface area contributed by atoms with Gasteiger partial charge >= 0.3 is 5.97 Å². The zero-order valence-electron chi connectivity index (χ0n) is 17.0. The van der Waals surface area contributed by atoms with Crippen LogP contribution in [0.3, 0.4) is 0 Å². The van der Waals surface area contributed by atoms with E-state index in [2.05, 4.69) is 29.0 Å². The van der Waals surface area contributed by atoms with Crippen LogP contribution in [0.25, 0.3) is 11.3 Å². The van der Waals surface area contributed by atoms with E-state index in [0.29, 0.717) is 22.0 Å². The molecule has 1 fully saturated rings. The highest BCUT2D eigenvalue weighted by Crippen LogP contribution is 2.41. The summed E-state index contributed by atoms with van der Waals surface area (Å²) < 4.78 is 11.2. The van der Waals surface area contributed by atoms with Gasteiger partial charge in [0.25, 0.3) is 0 Å². The number of rotatable bonds is 5. The molecule has 6 nitrogen and oxygen atoms in total. The van der Waals surface area contributed by atoms with Crippen molar-refractivity contribution < 1.29 is 13.9 Å². The molecule has 2 atom stereocenters. The lowest BCUT2D eigenvalue weighted by Gasteiger charge is -2.29. The minimum Gasteiger partial charge on any atom is -0.465 e. The number of ether oxygens (including phenoxy) is 1. The summed E-state index contributed by atoms with van der Waals surface area (Å²) in [5.41, 5.74) is 2.04. The third-order valence-electron chi connectivity index (χ3n) is 5.21. The predicted octanol–water partition coefficient (Wildman–Crippen LogP) is 4.51. The van der Waals surface area contributed by atoms with Crippen molar-refractivity contribution in [3.8, 4) is 11.3 Å². The first-order valence-corrected chi connectivity index (χ1v) is 10.2. The number of hydrogen-bond donors (Lipinski definition) is 1. The number of nitrogens with zero attached hydrogens (tertiary/aromatic N) is 2. The SMILES string of the molecule is COC(=O)c1ccccc1-c1ccc([C@@H]2[C@@H](c3ccccn3)NC(=S)N2C(C)C)o1. The average Bonchev–Trinajstić information content (AvgIpc) is 3.38. The number of nitrogens with one attached hydrogen (secondary N) is 1. The molecular weight excluding hydrogens is 398 g/mol. The number of aromatic nitrogens is 1. The maximum Gasteiger partial charge on any atom is 0.338 e. The van der Waals surface area contributed by atoms with Crippen LogP contribution >= 0.6 is 12.2 Å². The van der Waals surface area contributed by atoms with Gasteiger partial charge in [0.05, 0.1) is 24.4 Å². The molecule has 1 aliphatic heterocycles. The average molecular weight is 422 g/mol. The number of carbonyl (C=O) groups is 1. The van der Waals surface area contributed by atoms with Crippen LogP contribution < -0.4 is 5.32 Å². The zero-order chi connectivity index (χ0) is 21.3. The molecule has 7 heteroatoms. The van der Waals surface area contributed by atoms with Gasteiger partial charge in [0.1, 0.15) is 17.6 Å². The normalized spacial score (nSPS) is 18.5. The van der Waals surface area contributed by atoms with Crippen molar-refractivity contribution >= 4 is 23.3 Å². The van der Waals surface area contributed by atoms with Crippen molar-refractivity contribution in [3.63, 3.8) is 0 Å². The first kappa shape index (κ1) is 20.1. The lowest BCUT2D eigenvalue weighted by atomic mass is 10.0. The molecular formula is C23H23N3O3S. The van der Waals surface area contributed by atoms with Crippen molar-refractivity contribution in [1.82, 2.24) is 15.2 Å². The van der Waals surface area contributed by atoms with E-state index in [4.69, 9.17) is 21.4 Å². The number of thiocarbonyl (C=S) groups is 1. The number of carbonyl (C=O) groups excluding carboxylic acids is 1. The highest BCUT2D eigenvalue weighted by Gasteiger charge is 2.42. The van der Waals surface area contributed by atoms with Gasteiger partial charge in [0.2, 0.25) is 0 Å². The van der Waals surface area contributed by atoms with E-state index in [1.54, 1.807) is 18.3 Å². The van der Waals surface area contributed by atoms with Gasteiger partial charge in [0, 0.05) is 17.8 Å². The van der Waals surface area contributed by atoms with Crippen LogP contribution in [0.1, 0.15) is 47.7 Å². The lowest BCUT2D eigenvalue weighted by molar-refractivity contribution is 0.0601. The largest absolute Gasteiger partial charge is 0.465 e. The Morgan fingerprint density at radius 1 is 1.17 bits per heavy atom. The molecule has 3 heterocycles. The molecule has 4 rings (SSSR count). The van der Waals surface area contributed by atoms with E-state index in [-0.39, 0.29) is 18.1 Å². The van der Waals surface area contributed by atoms with Crippen LogP contribution in [0.4, 0.5) is 0 Å². The minimum absolute atomic E-state index is 0.143. The van der Waals surface area contributed by atoms with Crippen LogP contribution in [0, 0.1) is 0 Å². The van der Waals surface area contributed by atoms with Gasteiger partial charge in [-0.25, -0.2) is 4.79 Å². The first-order chi connectivity index (χ1) is 14.5. The Kier molecular flexibility index (Phi) is 5.55. The molecule has 30 heavy (non-hydrogen) atoms. The van der Waals surface area contributed by atoms with E-state index >= 15 is 0 Å². The molecule has 0 spiro atoms. The Labute approximate surface area is 180 Å². The quantitative estimate of drug-likeness (QED) is 0.480. The van der Waals surface area contributed by atoms with E-state index < -0.39 is 5.97 Å². The van der Waals surface area contributed by atoms with Crippen LogP contribution in [0.5, 0.6) is 0 Å². The third-order valence-corrected chi connectivity index (χ3v) is 5.54. The number of hydrogen-bond acceptors (Lipinski definition) is 5. The van der Waals surface area contributed by atoms with Crippen LogP contribution in [0.15, 0.2) is 65.2 Å². The number of furan rings is 1. The number of pyridine rings is 1. The summed E-state index contributed by atoms with van der Waals surface area (Å²) in [5, 5.41) is 4.06. The summed E-state index contributed by atoms with van der Waals surface area (Å²) in [5.74, 6) is 0.955. The van der Waals surface area contributed by atoms with Crippen molar-refractivity contribution in [2.24, 2.45) is 0 Å². The van der Waals surface area contributed by atoms with E-state index in [9.17, 15) is 4.79 Å². The molecule has 0 saturated carbocycles. The second-order valence-electron chi connectivity index (χ2n) is 7.37. The Morgan fingerprint density at radius 2 is 1.93 bits per heavy atom. The summed E-state index contributed by atoms with van der Waals surface area (Å²) in [7, 11) is 1.37. The molecule has 3 aromatic rings. The summed E-state index contributed by atoms with van der Waals surface area (Å²) >= 11 is 5.63. The van der Waals surface area contributed by atoms with Gasteiger partial charge in [0.15, 0.2) is 5.11 Å². The van der Waals surface area contributed by atoms with Crippen molar-refractivity contribution in [1.29, 1.82) is 0 Å². The highest BCUT2D eigenvalue weighted by molar-refractivity contribution is 7.80. The number of esters is 1.